The molecule has 0 spiro atoms. The van der Waals surface area contributed by atoms with Gasteiger partial charge < -0.3 is 10.6 Å². The molecule has 22 heavy (non-hydrogen) atoms. The molecule has 0 bridgehead atoms. The molecule has 2 N–H and O–H groups in total. The van der Waals surface area contributed by atoms with Crippen molar-refractivity contribution in [3.63, 3.8) is 0 Å². The van der Waals surface area contributed by atoms with Crippen molar-refractivity contribution in [2.75, 3.05) is 18.4 Å². The van der Waals surface area contributed by atoms with Gasteiger partial charge in [0.05, 0.1) is 5.69 Å². The van der Waals surface area contributed by atoms with Crippen molar-refractivity contribution in [1.82, 2.24) is 15.3 Å². The van der Waals surface area contributed by atoms with Crippen LogP contribution < -0.4 is 10.6 Å². The van der Waals surface area contributed by atoms with Crippen LogP contribution in [0.1, 0.15) is 43.0 Å². The lowest BCUT2D eigenvalue weighted by Gasteiger charge is -2.24. The van der Waals surface area contributed by atoms with Gasteiger partial charge in [0, 0.05) is 35.5 Å². The molecule has 2 aromatic rings. The van der Waals surface area contributed by atoms with E-state index < -0.39 is 0 Å². The summed E-state index contributed by atoms with van der Waals surface area (Å²) in [6.45, 7) is 2.09. The summed E-state index contributed by atoms with van der Waals surface area (Å²) in [7, 11) is 0. The highest BCUT2D eigenvalue weighted by Crippen LogP contribution is 2.42. The Morgan fingerprint density at radius 2 is 2.18 bits per heavy atom. The van der Waals surface area contributed by atoms with Crippen LogP contribution in [0.3, 0.4) is 0 Å². The Kier molecular flexibility index (Phi) is 3.39. The van der Waals surface area contributed by atoms with Crippen molar-refractivity contribution in [3.8, 4) is 6.07 Å². The smallest absolute Gasteiger partial charge is 0.141 e. The third-order valence-electron chi connectivity index (χ3n) is 4.47. The van der Waals surface area contributed by atoms with Gasteiger partial charge in [-0.05, 0) is 44.4 Å². The van der Waals surface area contributed by atoms with E-state index in [-0.39, 0.29) is 0 Å². The van der Waals surface area contributed by atoms with Crippen molar-refractivity contribution in [1.29, 1.82) is 5.26 Å². The highest BCUT2D eigenvalue weighted by Gasteiger charge is 2.27. The van der Waals surface area contributed by atoms with Crippen LogP contribution in [0.5, 0.6) is 0 Å². The lowest BCUT2D eigenvalue weighted by Crippen LogP contribution is -2.38. The second-order valence-corrected chi connectivity index (χ2v) is 6.26. The zero-order chi connectivity index (χ0) is 14.9. The molecule has 0 radical (unpaired) electrons. The van der Waals surface area contributed by atoms with Crippen LogP contribution in [0, 0.1) is 11.3 Å². The highest BCUT2D eigenvalue weighted by molar-refractivity contribution is 5.87. The molecule has 2 aromatic heterocycles. The maximum absolute atomic E-state index is 9.14. The van der Waals surface area contributed by atoms with Crippen molar-refractivity contribution >= 4 is 16.6 Å². The monoisotopic (exact) mass is 293 g/mol. The van der Waals surface area contributed by atoms with Crippen molar-refractivity contribution < 1.29 is 0 Å². The molecule has 0 aromatic carbocycles. The number of piperidine rings is 1. The number of nitriles is 1. The quantitative estimate of drug-likeness (QED) is 0.909. The average molecular weight is 293 g/mol. The first-order valence-electron chi connectivity index (χ1n) is 8.01. The minimum Gasteiger partial charge on any atom is -0.366 e. The van der Waals surface area contributed by atoms with E-state index in [1.165, 1.54) is 25.7 Å². The van der Waals surface area contributed by atoms with Gasteiger partial charge in [-0.15, -0.1) is 0 Å². The van der Waals surface area contributed by atoms with Crippen LogP contribution in [0.25, 0.3) is 10.8 Å². The fourth-order valence-corrected chi connectivity index (χ4v) is 3.16. The lowest BCUT2D eigenvalue weighted by molar-refractivity contribution is 0.479. The molecule has 1 atom stereocenters. The van der Waals surface area contributed by atoms with Crippen molar-refractivity contribution in [2.45, 2.75) is 37.6 Å². The molecule has 0 unspecified atom stereocenters. The van der Waals surface area contributed by atoms with E-state index in [1.807, 2.05) is 12.3 Å². The molecule has 3 heterocycles. The fourth-order valence-electron chi connectivity index (χ4n) is 3.16. The summed E-state index contributed by atoms with van der Waals surface area (Å²) in [6, 6.07) is 6.54. The Morgan fingerprint density at radius 3 is 2.91 bits per heavy atom. The Hall–Kier alpha value is -2.19. The number of pyridine rings is 2. The van der Waals surface area contributed by atoms with E-state index in [1.54, 1.807) is 0 Å². The number of aromatic nitrogens is 2. The lowest BCUT2D eigenvalue weighted by atomic mass is 10.1. The number of nitrogens with zero attached hydrogens (tertiary/aromatic N) is 3. The minimum absolute atomic E-state index is 0.439. The van der Waals surface area contributed by atoms with Crippen LogP contribution in [0.2, 0.25) is 0 Å². The maximum Gasteiger partial charge on any atom is 0.141 e. The molecule has 112 valence electrons. The largest absolute Gasteiger partial charge is 0.366 e. The summed E-state index contributed by atoms with van der Waals surface area (Å²) >= 11 is 0. The normalized spacial score (nSPS) is 21.5. The van der Waals surface area contributed by atoms with E-state index in [9.17, 15) is 0 Å². The van der Waals surface area contributed by atoms with Crippen LogP contribution in [0.15, 0.2) is 18.3 Å². The Balaban J connectivity index is 1.70. The number of nitrogens with one attached hydrogen (secondary N) is 2. The first kappa shape index (κ1) is 13.5. The summed E-state index contributed by atoms with van der Waals surface area (Å²) in [5.41, 5.74) is 1.56. The van der Waals surface area contributed by atoms with Crippen molar-refractivity contribution in [2.24, 2.45) is 0 Å². The number of anilines is 1. The zero-order valence-electron chi connectivity index (χ0n) is 12.5. The van der Waals surface area contributed by atoms with Crippen molar-refractivity contribution in [3.05, 3.63) is 29.7 Å². The fraction of sp³-hybridized carbons (Fsp3) is 0.471. The SMILES string of the molecule is N#Cc1cc2cnc(N[C@H]3CCCNC3)cc2c(C2CC2)n1. The van der Waals surface area contributed by atoms with Gasteiger partial charge in [-0.25, -0.2) is 9.97 Å². The molecule has 1 saturated heterocycles. The van der Waals surface area contributed by atoms with Crippen LogP contribution in [-0.4, -0.2) is 29.1 Å². The van der Waals surface area contributed by atoms with Gasteiger partial charge in [-0.3, -0.25) is 0 Å². The van der Waals surface area contributed by atoms with Gasteiger partial charge in [0.25, 0.3) is 0 Å². The summed E-state index contributed by atoms with van der Waals surface area (Å²) in [4.78, 5) is 9.06. The first-order chi connectivity index (χ1) is 10.8. The molecule has 1 saturated carbocycles. The standard InChI is InChI=1S/C17H19N5/c18-8-14-6-12-9-20-16(21-13-2-1-5-19-10-13)7-15(12)17(22-14)11-3-4-11/h6-7,9,11,13,19H,1-5,10H2,(H,20,21)/t13-/m0/s1. The molecule has 1 aliphatic heterocycles. The number of fused-ring (bicyclic) bond motifs is 1. The van der Waals surface area contributed by atoms with E-state index in [0.717, 1.165) is 35.4 Å². The predicted octanol–water partition coefficient (Wildman–Crippen LogP) is 2.54. The number of hydrogen-bond donors (Lipinski definition) is 2. The highest BCUT2D eigenvalue weighted by atomic mass is 15.1. The average Bonchev–Trinajstić information content (AvgIpc) is 3.40. The molecule has 5 heteroatoms. The Morgan fingerprint density at radius 1 is 1.27 bits per heavy atom. The van der Waals surface area contributed by atoms with Gasteiger partial charge in [-0.2, -0.15) is 5.26 Å². The van der Waals surface area contributed by atoms with Crippen LogP contribution >= 0.6 is 0 Å². The molecular formula is C17H19N5. The maximum atomic E-state index is 9.14. The van der Waals surface area contributed by atoms with Gasteiger partial charge in [0.15, 0.2) is 0 Å². The molecule has 2 aliphatic rings. The van der Waals surface area contributed by atoms with Crippen LogP contribution in [-0.2, 0) is 0 Å². The minimum atomic E-state index is 0.439. The topological polar surface area (TPSA) is 73.6 Å². The molecule has 1 aliphatic carbocycles. The van der Waals surface area contributed by atoms with E-state index >= 15 is 0 Å². The predicted molar refractivity (Wildman–Crippen MR) is 85.7 cm³/mol. The Labute approximate surface area is 129 Å². The summed E-state index contributed by atoms with van der Waals surface area (Å²) < 4.78 is 0. The molecular weight excluding hydrogens is 274 g/mol. The van der Waals surface area contributed by atoms with Gasteiger partial charge in [-0.1, -0.05) is 0 Å². The second-order valence-electron chi connectivity index (χ2n) is 6.26. The summed E-state index contributed by atoms with van der Waals surface area (Å²) in [5.74, 6) is 1.43. The molecule has 5 nitrogen and oxygen atoms in total. The van der Waals surface area contributed by atoms with E-state index in [2.05, 4.69) is 32.7 Å². The van der Waals surface area contributed by atoms with E-state index in [4.69, 9.17) is 5.26 Å². The van der Waals surface area contributed by atoms with Crippen LogP contribution in [0.4, 0.5) is 5.82 Å². The first-order valence-corrected chi connectivity index (χ1v) is 8.01. The second kappa shape index (κ2) is 5.54. The molecule has 2 fully saturated rings. The van der Waals surface area contributed by atoms with Gasteiger partial charge in [0.2, 0.25) is 0 Å². The summed E-state index contributed by atoms with van der Waals surface area (Å²) in [5, 5.41) is 18.2. The zero-order valence-corrected chi connectivity index (χ0v) is 12.5. The molecule has 0 amide bonds. The number of rotatable bonds is 3. The molecule has 4 rings (SSSR count). The summed E-state index contributed by atoms with van der Waals surface area (Å²) in [6.07, 6.45) is 6.59. The third kappa shape index (κ3) is 2.62. The Bertz CT molecular complexity index is 739. The number of hydrogen-bond acceptors (Lipinski definition) is 5. The van der Waals surface area contributed by atoms with E-state index in [0.29, 0.717) is 17.7 Å². The third-order valence-corrected chi connectivity index (χ3v) is 4.47. The van der Waals surface area contributed by atoms with Gasteiger partial charge in [0.1, 0.15) is 17.6 Å². The van der Waals surface area contributed by atoms with Gasteiger partial charge >= 0.3 is 0 Å².